The van der Waals surface area contributed by atoms with Crippen molar-refractivity contribution in [1.29, 1.82) is 0 Å². The van der Waals surface area contributed by atoms with Crippen LogP contribution in [-0.2, 0) is 13.6 Å². The number of fused-ring (bicyclic) bond motifs is 1. The van der Waals surface area contributed by atoms with Crippen LogP contribution in [-0.4, -0.2) is 30.8 Å². The first kappa shape index (κ1) is 17.8. The summed E-state index contributed by atoms with van der Waals surface area (Å²) < 4.78 is 3.36. The molecular formula is C18H16ClN5O2S. The number of carbonyl (C=O) groups excluding carboxylic acids is 1. The Bertz CT molecular complexity index is 1060. The number of halogens is 1. The number of thioether (sulfide) groups is 1. The first-order valence-electron chi connectivity index (χ1n) is 8.31. The van der Waals surface area contributed by atoms with Gasteiger partial charge >= 0.3 is 0 Å². The van der Waals surface area contributed by atoms with Crippen LogP contribution in [0, 0.1) is 0 Å². The van der Waals surface area contributed by atoms with Gasteiger partial charge in [-0.25, -0.2) is 9.97 Å². The van der Waals surface area contributed by atoms with E-state index in [1.165, 1.54) is 22.5 Å². The molecule has 7 nitrogen and oxygen atoms in total. The summed E-state index contributed by atoms with van der Waals surface area (Å²) in [5, 5.41) is 4.17. The molecule has 1 N–H and O–H groups in total. The van der Waals surface area contributed by atoms with Crippen molar-refractivity contribution in [2.45, 2.75) is 17.7 Å². The molecule has 0 unspecified atom stereocenters. The Kier molecular flexibility index (Phi) is 4.75. The third-order valence-electron chi connectivity index (χ3n) is 4.40. The largest absolute Gasteiger partial charge is 0.338 e. The molecule has 0 aliphatic carbocycles. The summed E-state index contributed by atoms with van der Waals surface area (Å²) in [7, 11) is 1.85. The molecule has 1 atom stereocenters. The van der Waals surface area contributed by atoms with Gasteiger partial charge in [-0.05, 0) is 17.7 Å². The Hall–Kier alpha value is -2.58. The second kappa shape index (κ2) is 7.21. The van der Waals surface area contributed by atoms with Gasteiger partial charge in [0, 0.05) is 43.0 Å². The highest BCUT2D eigenvalue weighted by Crippen LogP contribution is 2.23. The van der Waals surface area contributed by atoms with Crippen LogP contribution >= 0.6 is 23.4 Å². The molecule has 138 valence electrons. The van der Waals surface area contributed by atoms with E-state index in [1.54, 1.807) is 24.5 Å². The van der Waals surface area contributed by atoms with Gasteiger partial charge in [0.05, 0.1) is 0 Å². The van der Waals surface area contributed by atoms with E-state index in [-0.39, 0.29) is 11.1 Å². The van der Waals surface area contributed by atoms with Crippen LogP contribution in [0.5, 0.6) is 0 Å². The number of rotatable bonds is 4. The van der Waals surface area contributed by atoms with Crippen molar-refractivity contribution in [2.75, 3.05) is 5.75 Å². The van der Waals surface area contributed by atoms with Crippen LogP contribution in [0.15, 0.2) is 52.8 Å². The van der Waals surface area contributed by atoms with Crippen LogP contribution in [0.3, 0.4) is 0 Å². The summed E-state index contributed by atoms with van der Waals surface area (Å²) in [5.41, 5.74) is 0.512. The monoisotopic (exact) mass is 401 g/mol. The molecule has 0 radical (unpaired) electrons. The van der Waals surface area contributed by atoms with E-state index in [0.717, 1.165) is 11.3 Å². The highest BCUT2D eigenvalue weighted by Gasteiger charge is 2.25. The number of carbonyl (C=O) groups is 1. The number of aryl methyl sites for hydroxylation is 1. The molecular weight excluding hydrogens is 386 g/mol. The standard InChI is InChI=1S/C18H16ClN5O2S/c1-23-7-6-20-15(23)14(11-2-4-12(19)5-3-11)22-16(25)13-10-21-18-24(17(13)26)8-9-27-18/h2-7,10,14H,8-9H2,1H3,(H,22,25)/t14-/m0/s1. The zero-order valence-corrected chi connectivity index (χ0v) is 16.0. The van der Waals surface area contributed by atoms with E-state index < -0.39 is 11.9 Å². The average molecular weight is 402 g/mol. The summed E-state index contributed by atoms with van der Waals surface area (Å²) in [6, 6.07) is 6.63. The minimum absolute atomic E-state index is 0.0226. The predicted molar refractivity (Wildman–Crippen MR) is 103 cm³/mol. The van der Waals surface area contributed by atoms with Gasteiger partial charge in [-0.3, -0.25) is 14.2 Å². The summed E-state index contributed by atoms with van der Waals surface area (Å²) >= 11 is 7.50. The normalized spacial score (nSPS) is 14.0. The molecule has 4 rings (SSSR count). The van der Waals surface area contributed by atoms with Crippen LogP contribution in [0.2, 0.25) is 5.02 Å². The number of amides is 1. The third-order valence-corrected chi connectivity index (χ3v) is 5.62. The number of hydrogen-bond donors (Lipinski definition) is 1. The van der Waals surface area contributed by atoms with Crippen molar-refractivity contribution in [3.63, 3.8) is 0 Å². The van der Waals surface area contributed by atoms with Gasteiger partial charge in [0.25, 0.3) is 11.5 Å². The molecule has 3 aromatic rings. The summed E-state index contributed by atoms with van der Waals surface area (Å²) in [6.07, 6.45) is 4.81. The van der Waals surface area contributed by atoms with E-state index in [2.05, 4.69) is 15.3 Å². The Morgan fingerprint density at radius 1 is 1.30 bits per heavy atom. The molecule has 2 aromatic heterocycles. The number of imidazole rings is 1. The zero-order chi connectivity index (χ0) is 19.0. The highest BCUT2D eigenvalue weighted by molar-refractivity contribution is 7.99. The van der Waals surface area contributed by atoms with Gasteiger partial charge in [-0.2, -0.15) is 0 Å². The lowest BCUT2D eigenvalue weighted by Gasteiger charge is -2.19. The Morgan fingerprint density at radius 3 is 2.78 bits per heavy atom. The fourth-order valence-electron chi connectivity index (χ4n) is 2.99. The number of benzene rings is 1. The Morgan fingerprint density at radius 2 is 2.07 bits per heavy atom. The molecule has 0 bridgehead atoms. The minimum atomic E-state index is -0.526. The molecule has 0 saturated heterocycles. The lowest BCUT2D eigenvalue weighted by Crippen LogP contribution is -2.36. The molecule has 0 saturated carbocycles. The maximum atomic E-state index is 12.9. The maximum absolute atomic E-state index is 12.9. The Balaban J connectivity index is 1.70. The zero-order valence-electron chi connectivity index (χ0n) is 14.4. The first-order chi connectivity index (χ1) is 13.0. The van der Waals surface area contributed by atoms with Crippen molar-refractivity contribution in [1.82, 2.24) is 24.4 Å². The second-order valence-corrected chi connectivity index (χ2v) is 7.61. The van der Waals surface area contributed by atoms with Gasteiger partial charge in [-0.15, -0.1) is 0 Å². The molecule has 1 amide bonds. The average Bonchev–Trinajstić information content (AvgIpc) is 3.30. The topological polar surface area (TPSA) is 81.8 Å². The van der Waals surface area contributed by atoms with Crippen molar-refractivity contribution < 1.29 is 4.79 Å². The van der Waals surface area contributed by atoms with Gasteiger partial charge in [-0.1, -0.05) is 35.5 Å². The highest BCUT2D eigenvalue weighted by atomic mass is 35.5. The number of aromatic nitrogens is 4. The second-order valence-electron chi connectivity index (χ2n) is 6.11. The summed E-state index contributed by atoms with van der Waals surface area (Å²) in [6.45, 7) is 0.562. The molecule has 0 fully saturated rings. The molecule has 27 heavy (non-hydrogen) atoms. The fourth-order valence-corrected chi connectivity index (χ4v) is 4.03. The number of nitrogens with zero attached hydrogens (tertiary/aromatic N) is 4. The summed E-state index contributed by atoms with van der Waals surface area (Å²) in [5.74, 6) is 0.951. The maximum Gasteiger partial charge on any atom is 0.267 e. The molecule has 3 heterocycles. The van der Waals surface area contributed by atoms with Crippen molar-refractivity contribution >= 4 is 29.3 Å². The Labute approximate surface area is 164 Å². The van der Waals surface area contributed by atoms with Crippen molar-refractivity contribution in [2.24, 2.45) is 7.05 Å². The predicted octanol–water partition coefficient (Wildman–Crippen LogP) is 2.26. The smallest absolute Gasteiger partial charge is 0.267 e. The van der Waals surface area contributed by atoms with E-state index in [1.807, 2.05) is 23.7 Å². The lowest BCUT2D eigenvalue weighted by molar-refractivity contribution is 0.0938. The van der Waals surface area contributed by atoms with Crippen molar-refractivity contribution in [3.8, 4) is 0 Å². The van der Waals surface area contributed by atoms with Gasteiger partial charge < -0.3 is 9.88 Å². The van der Waals surface area contributed by atoms with Crippen LogP contribution in [0.1, 0.15) is 27.8 Å². The van der Waals surface area contributed by atoms with Crippen LogP contribution in [0.4, 0.5) is 0 Å². The molecule has 1 aliphatic heterocycles. The molecule has 0 spiro atoms. The minimum Gasteiger partial charge on any atom is -0.338 e. The van der Waals surface area contributed by atoms with Gasteiger partial charge in [0.2, 0.25) is 0 Å². The van der Waals surface area contributed by atoms with Crippen LogP contribution < -0.4 is 10.9 Å². The summed E-state index contributed by atoms with van der Waals surface area (Å²) in [4.78, 5) is 34.1. The van der Waals surface area contributed by atoms with E-state index >= 15 is 0 Å². The van der Waals surface area contributed by atoms with E-state index in [4.69, 9.17) is 11.6 Å². The molecule has 9 heteroatoms. The quantitative estimate of drug-likeness (QED) is 0.678. The van der Waals surface area contributed by atoms with Crippen LogP contribution in [0.25, 0.3) is 0 Å². The fraction of sp³-hybridized carbons (Fsp3) is 0.222. The lowest BCUT2D eigenvalue weighted by atomic mass is 10.1. The third kappa shape index (κ3) is 3.38. The van der Waals surface area contributed by atoms with Crippen molar-refractivity contribution in [3.05, 3.63) is 75.2 Å². The van der Waals surface area contributed by atoms with Gasteiger partial charge in [0.15, 0.2) is 5.16 Å². The number of nitrogens with one attached hydrogen (secondary N) is 1. The molecule has 1 aliphatic rings. The van der Waals surface area contributed by atoms with Gasteiger partial charge in [0.1, 0.15) is 17.4 Å². The SMILES string of the molecule is Cn1ccnc1[C@@H](NC(=O)c1cnc2n(c1=O)CCS2)c1ccc(Cl)cc1. The first-order valence-corrected chi connectivity index (χ1v) is 9.67. The number of hydrogen-bond acceptors (Lipinski definition) is 5. The van der Waals surface area contributed by atoms with E-state index in [9.17, 15) is 9.59 Å². The van der Waals surface area contributed by atoms with E-state index in [0.29, 0.717) is 22.5 Å². The molecule has 1 aromatic carbocycles.